The maximum atomic E-state index is 4.49. The first kappa shape index (κ1) is 9.82. The Balaban J connectivity index is 1.82. The lowest BCUT2D eigenvalue weighted by molar-refractivity contribution is 0.670. The molecule has 0 fully saturated rings. The zero-order valence-corrected chi connectivity index (χ0v) is 9.24. The van der Waals surface area contributed by atoms with Crippen molar-refractivity contribution in [2.24, 2.45) is 0 Å². The molecule has 0 saturated carbocycles. The summed E-state index contributed by atoms with van der Waals surface area (Å²) in [5.41, 5.74) is 6.13. The molecule has 0 aromatic carbocycles. The van der Waals surface area contributed by atoms with E-state index >= 15 is 0 Å². The van der Waals surface area contributed by atoms with Crippen molar-refractivity contribution in [1.82, 2.24) is 14.8 Å². The van der Waals surface area contributed by atoms with Gasteiger partial charge in [-0.15, -0.1) is 5.73 Å². The lowest BCUT2D eigenvalue weighted by Crippen LogP contribution is -2.02. The molecule has 1 aliphatic rings. The number of pyridine rings is 1. The van der Waals surface area contributed by atoms with E-state index in [9.17, 15) is 0 Å². The third kappa shape index (κ3) is 2.10. The van der Waals surface area contributed by atoms with Crippen LogP contribution in [0.3, 0.4) is 0 Å². The van der Waals surface area contributed by atoms with Crippen LogP contribution in [0.1, 0.15) is 11.4 Å². The van der Waals surface area contributed by atoms with Crippen LogP contribution in [0, 0.1) is 0 Å². The summed E-state index contributed by atoms with van der Waals surface area (Å²) < 4.78 is 1.89. The summed E-state index contributed by atoms with van der Waals surface area (Å²) in [5.74, 6) is 0. The van der Waals surface area contributed by atoms with Crippen LogP contribution < -0.4 is 0 Å². The van der Waals surface area contributed by atoms with Crippen LogP contribution in [-0.4, -0.2) is 14.8 Å². The zero-order valence-electron chi connectivity index (χ0n) is 9.24. The third-order valence-corrected chi connectivity index (χ3v) is 2.56. The van der Waals surface area contributed by atoms with Crippen molar-refractivity contribution in [1.29, 1.82) is 0 Å². The first-order chi connectivity index (χ1) is 8.42. The van der Waals surface area contributed by atoms with Crippen LogP contribution in [0.5, 0.6) is 0 Å². The third-order valence-electron chi connectivity index (χ3n) is 2.56. The highest BCUT2D eigenvalue weighted by Crippen LogP contribution is 2.15. The van der Waals surface area contributed by atoms with Gasteiger partial charge in [0.05, 0.1) is 12.2 Å². The fourth-order valence-electron chi connectivity index (χ4n) is 1.74. The minimum atomic E-state index is 0.696. The summed E-state index contributed by atoms with van der Waals surface area (Å²) in [4.78, 5) is 4.28. The van der Waals surface area contributed by atoms with Crippen molar-refractivity contribution in [2.45, 2.75) is 6.54 Å². The van der Waals surface area contributed by atoms with Gasteiger partial charge in [0, 0.05) is 18.0 Å². The first-order valence-corrected chi connectivity index (χ1v) is 5.49. The van der Waals surface area contributed by atoms with Gasteiger partial charge in [-0.1, -0.05) is 12.1 Å². The topological polar surface area (TPSA) is 30.7 Å². The average Bonchev–Trinajstić information content (AvgIpc) is 3.00. The second kappa shape index (κ2) is 4.24. The molecule has 0 amide bonds. The van der Waals surface area contributed by atoms with Crippen LogP contribution in [0.2, 0.25) is 0 Å². The van der Waals surface area contributed by atoms with Crippen molar-refractivity contribution in [3.8, 4) is 0 Å². The van der Waals surface area contributed by atoms with E-state index < -0.39 is 0 Å². The predicted molar refractivity (Wildman–Crippen MR) is 66.2 cm³/mol. The van der Waals surface area contributed by atoms with E-state index in [-0.39, 0.29) is 0 Å². The van der Waals surface area contributed by atoms with Gasteiger partial charge in [0.25, 0.3) is 0 Å². The van der Waals surface area contributed by atoms with Crippen molar-refractivity contribution >= 4 is 5.57 Å². The standard InChI is InChI=1S/C14H11N3/c1-2-6-12(5-1)14-8-10-17(16-14)11-13-7-3-4-9-15-13/h1-5,7-10H,11H2. The van der Waals surface area contributed by atoms with Gasteiger partial charge in [0.1, 0.15) is 5.69 Å². The monoisotopic (exact) mass is 221 g/mol. The molecular weight excluding hydrogens is 210 g/mol. The molecule has 0 atom stereocenters. The Kier molecular flexibility index (Phi) is 2.45. The summed E-state index contributed by atoms with van der Waals surface area (Å²) in [6, 6.07) is 7.89. The van der Waals surface area contributed by atoms with Crippen LogP contribution in [-0.2, 0) is 6.54 Å². The van der Waals surface area contributed by atoms with Crippen LogP contribution in [0.25, 0.3) is 5.57 Å². The Morgan fingerprint density at radius 2 is 2.24 bits per heavy atom. The van der Waals surface area contributed by atoms with E-state index in [2.05, 4.69) is 15.8 Å². The lowest BCUT2D eigenvalue weighted by atomic mass is 10.2. The van der Waals surface area contributed by atoms with Gasteiger partial charge < -0.3 is 0 Å². The second-order valence-electron chi connectivity index (χ2n) is 3.80. The van der Waals surface area contributed by atoms with E-state index in [1.54, 1.807) is 6.20 Å². The fourth-order valence-corrected chi connectivity index (χ4v) is 1.74. The fraction of sp³-hybridized carbons (Fsp3) is 0.0714. The quantitative estimate of drug-likeness (QED) is 0.745. The molecular formula is C14H11N3. The Bertz CT molecular complexity index is 614. The normalized spacial score (nSPS) is 13.1. The molecule has 2 heterocycles. The molecule has 0 saturated heterocycles. The average molecular weight is 221 g/mol. The molecule has 0 bridgehead atoms. The molecule has 82 valence electrons. The summed E-state index contributed by atoms with van der Waals surface area (Å²) in [5, 5.41) is 4.49. The molecule has 3 heteroatoms. The highest BCUT2D eigenvalue weighted by atomic mass is 15.3. The SMILES string of the molecule is C1=CC=CC=1c1ccn(Cc2ccccn2)n1. The van der Waals surface area contributed by atoms with Crippen LogP contribution in [0.4, 0.5) is 0 Å². The second-order valence-corrected chi connectivity index (χ2v) is 3.80. The van der Waals surface area contributed by atoms with E-state index in [1.807, 2.05) is 53.4 Å². The number of hydrogen-bond acceptors (Lipinski definition) is 2. The summed E-state index contributed by atoms with van der Waals surface area (Å²) in [6.07, 6.45) is 9.63. The van der Waals surface area contributed by atoms with Gasteiger partial charge in [-0.3, -0.25) is 9.67 Å². The first-order valence-electron chi connectivity index (χ1n) is 5.49. The van der Waals surface area contributed by atoms with Crippen molar-refractivity contribution in [3.63, 3.8) is 0 Å². The molecule has 3 rings (SSSR count). The number of rotatable bonds is 3. The van der Waals surface area contributed by atoms with E-state index in [0.29, 0.717) is 6.54 Å². The summed E-state index contributed by atoms with van der Waals surface area (Å²) in [7, 11) is 0. The smallest absolute Gasteiger partial charge is 0.100 e. The molecule has 2 aromatic heterocycles. The number of nitrogens with zero attached hydrogens (tertiary/aromatic N) is 3. The van der Waals surface area contributed by atoms with Gasteiger partial charge >= 0.3 is 0 Å². The number of hydrogen-bond donors (Lipinski definition) is 0. The molecule has 0 N–H and O–H groups in total. The van der Waals surface area contributed by atoms with E-state index in [1.165, 1.54) is 0 Å². The highest BCUT2D eigenvalue weighted by molar-refractivity contribution is 5.73. The lowest BCUT2D eigenvalue weighted by Gasteiger charge is -2.00. The Morgan fingerprint density at radius 1 is 1.24 bits per heavy atom. The molecule has 17 heavy (non-hydrogen) atoms. The van der Waals surface area contributed by atoms with Crippen molar-refractivity contribution in [2.75, 3.05) is 0 Å². The zero-order chi connectivity index (χ0) is 11.5. The summed E-state index contributed by atoms with van der Waals surface area (Å²) >= 11 is 0. The van der Waals surface area contributed by atoms with Crippen LogP contribution >= 0.6 is 0 Å². The van der Waals surface area contributed by atoms with E-state index in [0.717, 1.165) is 17.0 Å². The molecule has 0 aliphatic heterocycles. The van der Waals surface area contributed by atoms with Gasteiger partial charge in [-0.25, -0.2) is 0 Å². The molecule has 0 spiro atoms. The van der Waals surface area contributed by atoms with Gasteiger partial charge in [0.2, 0.25) is 0 Å². The largest absolute Gasteiger partial charge is 0.266 e. The van der Waals surface area contributed by atoms with Crippen molar-refractivity contribution < 1.29 is 0 Å². The predicted octanol–water partition coefficient (Wildman–Crippen LogP) is 2.43. The Labute approximate surface area is 99.4 Å². The molecule has 0 unspecified atom stereocenters. The van der Waals surface area contributed by atoms with Crippen molar-refractivity contribution in [3.05, 3.63) is 72.0 Å². The Morgan fingerprint density at radius 3 is 3.00 bits per heavy atom. The van der Waals surface area contributed by atoms with Gasteiger partial charge in [-0.2, -0.15) is 5.10 Å². The maximum Gasteiger partial charge on any atom is 0.100 e. The summed E-state index contributed by atoms with van der Waals surface area (Å²) in [6.45, 7) is 0.696. The minimum Gasteiger partial charge on any atom is -0.266 e. The molecule has 2 aromatic rings. The Hall–Kier alpha value is -2.38. The molecule has 1 aliphatic carbocycles. The number of aromatic nitrogens is 3. The van der Waals surface area contributed by atoms with Gasteiger partial charge in [-0.05, 0) is 30.4 Å². The molecule has 3 nitrogen and oxygen atoms in total. The van der Waals surface area contributed by atoms with Gasteiger partial charge in [0.15, 0.2) is 0 Å². The highest BCUT2D eigenvalue weighted by Gasteiger charge is 2.04. The van der Waals surface area contributed by atoms with Crippen LogP contribution in [0.15, 0.2) is 60.6 Å². The number of allylic oxidation sites excluding steroid dienone is 3. The maximum absolute atomic E-state index is 4.49. The molecule has 0 radical (unpaired) electrons. The minimum absolute atomic E-state index is 0.696. The van der Waals surface area contributed by atoms with E-state index in [4.69, 9.17) is 0 Å².